The molecule has 0 unspecified atom stereocenters. The van der Waals surface area contributed by atoms with E-state index in [-0.39, 0.29) is 0 Å². The zero-order valence-electron chi connectivity index (χ0n) is 9.73. The number of nitrogens with zero attached hydrogens (tertiary/aromatic N) is 3. The zero-order valence-corrected chi connectivity index (χ0v) is 9.73. The van der Waals surface area contributed by atoms with E-state index in [1.54, 1.807) is 4.68 Å². The molecule has 0 radical (unpaired) electrons. The van der Waals surface area contributed by atoms with Gasteiger partial charge in [-0.3, -0.25) is 4.68 Å². The maximum absolute atomic E-state index is 5.43. The Bertz CT molecular complexity index is 272. The summed E-state index contributed by atoms with van der Waals surface area (Å²) in [5, 5.41) is 11.1. The molecule has 1 heterocycles. The Balaban J connectivity index is 1.98. The second-order valence-corrected chi connectivity index (χ2v) is 3.83. The molecule has 0 aliphatic rings. The van der Waals surface area contributed by atoms with Crippen molar-refractivity contribution in [2.45, 2.75) is 32.9 Å². The Kier molecular flexibility index (Phi) is 5.28. The van der Waals surface area contributed by atoms with E-state index >= 15 is 0 Å². The number of hydrogen-bond acceptors (Lipinski definition) is 4. The summed E-state index contributed by atoms with van der Waals surface area (Å²) >= 11 is 0. The Morgan fingerprint density at radius 2 is 2.33 bits per heavy atom. The molecule has 1 N–H and O–H groups in total. The molecule has 1 rings (SSSR count). The van der Waals surface area contributed by atoms with E-state index in [1.807, 2.05) is 27.1 Å². The van der Waals surface area contributed by atoms with Crippen LogP contribution in [0.2, 0.25) is 0 Å². The van der Waals surface area contributed by atoms with Crippen molar-refractivity contribution in [2.24, 2.45) is 7.05 Å². The summed E-state index contributed by atoms with van der Waals surface area (Å²) < 4.78 is 7.13. The van der Waals surface area contributed by atoms with Gasteiger partial charge in [0.05, 0.1) is 11.8 Å². The third-order valence-corrected chi connectivity index (χ3v) is 1.91. The molecule has 0 bridgehead atoms. The van der Waals surface area contributed by atoms with Crippen LogP contribution in [0.4, 0.5) is 0 Å². The standard InChI is InChI=1S/C10H20N4O/c1-9(2)15-6-4-5-11-7-10-8-14(3)13-12-10/h8-9,11H,4-7H2,1-3H3. The first-order valence-electron chi connectivity index (χ1n) is 5.36. The topological polar surface area (TPSA) is 52.0 Å². The summed E-state index contributed by atoms with van der Waals surface area (Å²) in [5.74, 6) is 0. The van der Waals surface area contributed by atoms with Gasteiger partial charge in [0.2, 0.25) is 0 Å². The fraction of sp³-hybridized carbons (Fsp3) is 0.800. The molecular weight excluding hydrogens is 192 g/mol. The van der Waals surface area contributed by atoms with E-state index in [9.17, 15) is 0 Å². The minimum Gasteiger partial charge on any atom is -0.379 e. The van der Waals surface area contributed by atoms with E-state index in [1.165, 1.54) is 0 Å². The summed E-state index contributed by atoms with van der Waals surface area (Å²) in [6, 6.07) is 0. The van der Waals surface area contributed by atoms with Gasteiger partial charge in [0.25, 0.3) is 0 Å². The van der Waals surface area contributed by atoms with Gasteiger partial charge < -0.3 is 10.1 Å². The molecule has 0 aliphatic carbocycles. The first-order valence-corrected chi connectivity index (χ1v) is 5.36. The van der Waals surface area contributed by atoms with E-state index in [0.717, 1.165) is 31.8 Å². The Morgan fingerprint density at radius 3 is 2.93 bits per heavy atom. The summed E-state index contributed by atoms with van der Waals surface area (Å²) in [6.07, 6.45) is 3.26. The average molecular weight is 212 g/mol. The van der Waals surface area contributed by atoms with Gasteiger partial charge >= 0.3 is 0 Å². The van der Waals surface area contributed by atoms with Gasteiger partial charge in [-0.15, -0.1) is 5.10 Å². The third-order valence-electron chi connectivity index (χ3n) is 1.91. The normalized spacial score (nSPS) is 11.2. The lowest BCUT2D eigenvalue weighted by molar-refractivity contribution is 0.0770. The molecule has 1 aromatic heterocycles. The molecule has 0 aromatic carbocycles. The summed E-state index contributed by atoms with van der Waals surface area (Å²) in [7, 11) is 1.87. The van der Waals surface area contributed by atoms with Gasteiger partial charge in [-0.25, -0.2) is 0 Å². The minimum atomic E-state index is 0.324. The number of rotatable bonds is 7. The Labute approximate surface area is 90.8 Å². The van der Waals surface area contributed by atoms with Gasteiger partial charge in [-0.1, -0.05) is 5.21 Å². The number of aromatic nitrogens is 3. The number of aryl methyl sites for hydroxylation is 1. The fourth-order valence-electron chi connectivity index (χ4n) is 1.21. The molecule has 86 valence electrons. The minimum absolute atomic E-state index is 0.324. The smallest absolute Gasteiger partial charge is 0.0964 e. The lowest BCUT2D eigenvalue weighted by Crippen LogP contribution is -2.17. The maximum atomic E-state index is 5.43. The number of ether oxygens (including phenoxy) is 1. The van der Waals surface area contributed by atoms with Crippen molar-refractivity contribution >= 4 is 0 Å². The fourth-order valence-corrected chi connectivity index (χ4v) is 1.21. The van der Waals surface area contributed by atoms with Gasteiger partial charge in [-0.05, 0) is 26.8 Å². The Hall–Kier alpha value is -0.940. The molecule has 15 heavy (non-hydrogen) atoms. The van der Waals surface area contributed by atoms with E-state index in [4.69, 9.17) is 4.74 Å². The molecular formula is C10H20N4O. The molecule has 0 amide bonds. The van der Waals surface area contributed by atoms with Gasteiger partial charge in [0.1, 0.15) is 0 Å². The van der Waals surface area contributed by atoms with Crippen LogP contribution in [0.3, 0.4) is 0 Å². The molecule has 0 spiro atoms. The summed E-state index contributed by atoms with van der Waals surface area (Å²) in [5.41, 5.74) is 0.974. The molecule has 0 atom stereocenters. The second-order valence-electron chi connectivity index (χ2n) is 3.83. The molecule has 0 aliphatic heterocycles. The van der Waals surface area contributed by atoms with Crippen molar-refractivity contribution in [3.63, 3.8) is 0 Å². The van der Waals surface area contributed by atoms with Crippen molar-refractivity contribution in [1.29, 1.82) is 0 Å². The highest BCUT2D eigenvalue weighted by atomic mass is 16.5. The second kappa shape index (κ2) is 6.53. The predicted molar refractivity (Wildman–Crippen MR) is 58.4 cm³/mol. The zero-order chi connectivity index (χ0) is 11.1. The highest BCUT2D eigenvalue weighted by molar-refractivity contribution is 4.90. The number of hydrogen-bond donors (Lipinski definition) is 1. The monoisotopic (exact) mass is 212 g/mol. The SMILES string of the molecule is CC(C)OCCCNCc1cn(C)nn1. The highest BCUT2D eigenvalue weighted by Crippen LogP contribution is 1.91. The molecule has 0 fully saturated rings. The molecule has 5 heteroatoms. The van der Waals surface area contributed by atoms with E-state index in [0.29, 0.717) is 6.10 Å². The van der Waals surface area contributed by atoms with Crippen molar-refractivity contribution < 1.29 is 4.74 Å². The van der Waals surface area contributed by atoms with Gasteiger partial charge in [0, 0.05) is 26.4 Å². The van der Waals surface area contributed by atoms with Crippen molar-refractivity contribution in [1.82, 2.24) is 20.3 Å². The molecule has 1 aromatic rings. The van der Waals surface area contributed by atoms with Crippen LogP contribution in [0.5, 0.6) is 0 Å². The Morgan fingerprint density at radius 1 is 1.53 bits per heavy atom. The van der Waals surface area contributed by atoms with Crippen molar-refractivity contribution in [2.75, 3.05) is 13.2 Å². The van der Waals surface area contributed by atoms with Crippen LogP contribution in [0.1, 0.15) is 26.0 Å². The summed E-state index contributed by atoms with van der Waals surface area (Å²) in [6.45, 7) is 6.63. The van der Waals surface area contributed by atoms with Crippen LogP contribution in [-0.2, 0) is 18.3 Å². The first-order chi connectivity index (χ1) is 7.18. The lowest BCUT2D eigenvalue weighted by Gasteiger charge is -2.07. The average Bonchev–Trinajstić information content (AvgIpc) is 2.57. The summed E-state index contributed by atoms with van der Waals surface area (Å²) in [4.78, 5) is 0. The van der Waals surface area contributed by atoms with Crippen molar-refractivity contribution in [3.8, 4) is 0 Å². The molecule has 0 saturated heterocycles. The highest BCUT2D eigenvalue weighted by Gasteiger charge is 1.97. The van der Waals surface area contributed by atoms with Crippen LogP contribution in [-0.4, -0.2) is 34.2 Å². The van der Waals surface area contributed by atoms with E-state index < -0.39 is 0 Å². The quantitative estimate of drug-likeness (QED) is 0.677. The van der Waals surface area contributed by atoms with Gasteiger partial charge in [0.15, 0.2) is 0 Å². The predicted octanol–water partition coefficient (Wildman–Crippen LogP) is 0.720. The van der Waals surface area contributed by atoms with Crippen LogP contribution < -0.4 is 5.32 Å². The molecule has 0 saturated carbocycles. The van der Waals surface area contributed by atoms with E-state index in [2.05, 4.69) is 15.6 Å². The van der Waals surface area contributed by atoms with Crippen LogP contribution >= 0.6 is 0 Å². The maximum Gasteiger partial charge on any atom is 0.0964 e. The van der Waals surface area contributed by atoms with Crippen molar-refractivity contribution in [3.05, 3.63) is 11.9 Å². The van der Waals surface area contributed by atoms with Crippen LogP contribution in [0.15, 0.2) is 6.20 Å². The first kappa shape index (κ1) is 12.1. The largest absolute Gasteiger partial charge is 0.379 e. The third kappa shape index (κ3) is 5.49. The number of nitrogens with one attached hydrogen (secondary N) is 1. The van der Waals surface area contributed by atoms with Crippen LogP contribution in [0.25, 0.3) is 0 Å². The van der Waals surface area contributed by atoms with Crippen LogP contribution in [0, 0.1) is 0 Å². The van der Waals surface area contributed by atoms with Gasteiger partial charge in [-0.2, -0.15) is 0 Å². The lowest BCUT2D eigenvalue weighted by atomic mass is 10.4. The molecule has 5 nitrogen and oxygen atoms in total.